The molecule has 0 radical (unpaired) electrons. The molecule has 1 N–H and O–H groups in total. The number of aromatic nitrogens is 2. The van der Waals surface area contributed by atoms with E-state index >= 15 is 0 Å². The van der Waals surface area contributed by atoms with Gasteiger partial charge in [0.15, 0.2) is 11.5 Å². The molecule has 2 fully saturated rings. The van der Waals surface area contributed by atoms with Crippen LogP contribution in [0.3, 0.4) is 0 Å². The molecule has 2 aromatic rings. The van der Waals surface area contributed by atoms with Gasteiger partial charge in [-0.15, -0.1) is 10.2 Å². The molecule has 1 amide bonds. The smallest absolute Gasteiger partial charge is 0.276 e. The maximum absolute atomic E-state index is 12.4. The van der Waals surface area contributed by atoms with E-state index in [1.807, 2.05) is 18.2 Å². The lowest BCUT2D eigenvalue weighted by Crippen LogP contribution is -2.33. The van der Waals surface area contributed by atoms with Crippen molar-refractivity contribution in [1.82, 2.24) is 10.2 Å². The Morgan fingerprint density at radius 2 is 1.63 bits per heavy atom. The van der Waals surface area contributed by atoms with E-state index < -0.39 is 0 Å². The Morgan fingerprint density at radius 3 is 2.26 bits per heavy atom. The predicted octanol–water partition coefficient (Wildman–Crippen LogP) is 3.57. The lowest BCUT2D eigenvalue weighted by molar-refractivity contribution is 0.102. The number of benzene rings is 1. The van der Waals surface area contributed by atoms with Crippen LogP contribution in [0, 0.1) is 5.92 Å². The summed E-state index contributed by atoms with van der Waals surface area (Å²) >= 11 is 0. The minimum absolute atomic E-state index is 0.227. The Balaban J connectivity index is 1.36. The van der Waals surface area contributed by atoms with Gasteiger partial charge >= 0.3 is 0 Å². The number of anilines is 3. The zero-order valence-electron chi connectivity index (χ0n) is 15.9. The largest absolute Gasteiger partial charge is 0.372 e. The molecule has 0 saturated carbocycles. The van der Waals surface area contributed by atoms with Crippen LogP contribution < -0.4 is 15.1 Å². The van der Waals surface area contributed by atoms with Gasteiger partial charge in [0, 0.05) is 37.6 Å². The van der Waals surface area contributed by atoms with Gasteiger partial charge in [-0.05, 0) is 68.0 Å². The first-order valence-electron chi connectivity index (χ1n) is 9.94. The zero-order valence-corrected chi connectivity index (χ0v) is 15.9. The second kappa shape index (κ2) is 7.94. The highest BCUT2D eigenvalue weighted by Gasteiger charge is 2.18. The number of amides is 1. The topological polar surface area (TPSA) is 61.4 Å². The van der Waals surface area contributed by atoms with E-state index in [4.69, 9.17) is 0 Å². The van der Waals surface area contributed by atoms with E-state index in [-0.39, 0.29) is 5.91 Å². The molecule has 0 atom stereocenters. The fourth-order valence-electron chi connectivity index (χ4n) is 3.78. The summed E-state index contributed by atoms with van der Waals surface area (Å²) in [6.45, 7) is 6.52. The average Bonchev–Trinajstić information content (AvgIpc) is 3.24. The third kappa shape index (κ3) is 4.21. The molecule has 0 unspecified atom stereocenters. The number of nitrogens with one attached hydrogen (secondary N) is 1. The molecule has 0 bridgehead atoms. The third-order valence-electron chi connectivity index (χ3n) is 5.59. The van der Waals surface area contributed by atoms with E-state index in [0.29, 0.717) is 5.69 Å². The van der Waals surface area contributed by atoms with Gasteiger partial charge in [-0.25, -0.2) is 0 Å². The van der Waals surface area contributed by atoms with E-state index in [1.54, 1.807) is 6.07 Å². The lowest BCUT2D eigenvalue weighted by Gasteiger charge is -2.30. The summed E-state index contributed by atoms with van der Waals surface area (Å²) in [7, 11) is 0. The summed E-state index contributed by atoms with van der Waals surface area (Å²) in [6.07, 6.45) is 4.86. The number of hydrogen-bond acceptors (Lipinski definition) is 5. The molecule has 2 aliphatic heterocycles. The Morgan fingerprint density at radius 1 is 0.926 bits per heavy atom. The number of piperidine rings is 1. The van der Waals surface area contributed by atoms with Gasteiger partial charge in [0.25, 0.3) is 5.91 Å². The van der Waals surface area contributed by atoms with Crippen molar-refractivity contribution in [1.29, 1.82) is 0 Å². The van der Waals surface area contributed by atoms with Crippen LogP contribution in [0.4, 0.5) is 17.2 Å². The van der Waals surface area contributed by atoms with Crippen molar-refractivity contribution in [3.8, 4) is 0 Å². The molecule has 6 nitrogen and oxygen atoms in total. The lowest BCUT2D eigenvalue weighted by atomic mass is 9.99. The van der Waals surface area contributed by atoms with Crippen molar-refractivity contribution in [3.63, 3.8) is 0 Å². The second-order valence-corrected chi connectivity index (χ2v) is 7.64. The molecule has 2 saturated heterocycles. The molecular weight excluding hydrogens is 338 g/mol. The minimum Gasteiger partial charge on any atom is -0.372 e. The summed E-state index contributed by atoms with van der Waals surface area (Å²) in [6, 6.07) is 11.7. The van der Waals surface area contributed by atoms with Crippen molar-refractivity contribution in [2.45, 2.75) is 32.6 Å². The van der Waals surface area contributed by atoms with E-state index in [1.165, 1.54) is 31.4 Å². The maximum atomic E-state index is 12.4. The molecule has 142 valence electrons. The average molecular weight is 365 g/mol. The first-order chi connectivity index (χ1) is 13.2. The van der Waals surface area contributed by atoms with E-state index in [0.717, 1.165) is 43.6 Å². The number of hydrogen-bond donors (Lipinski definition) is 1. The maximum Gasteiger partial charge on any atom is 0.276 e. The number of carbonyl (C=O) groups excluding carboxylic acids is 1. The molecule has 0 spiro atoms. The Labute approximate surface area is 160 Å². The summed E-state index contributed by atoms with van der Waals surface area (Å²) in [5, 5.41) is 11.3. The molecule has 0 aliphatic carbocycles. The van der Waals surface area contributed by atoms with Crippen LogP contribution in [0.1, 0.15) is 43.1 Å². The molecule has 1 aromatic carbocycles. The first-order valence-corrected chi connectivity index (χ1v) is 9.94. The van der Waals surface area contributed by atoms with Gasteiger partial charge in [-0.2, -0.15) is 0 Å². The first kappa shape index (κ1) is 17.8. The zero-order chi connectivity index (χ0) is 18.6. The summed E-state index contributed by atoms with van der Waals surface area (Å²) in [5.74, 6) is 1.40. The van der Waals surface area contributed by atoms with Crippen molar-refractivity contribution in [3.05, 3.63) is 42.1 Å². The van der Waals surface area contributed by atoms with Crippen molar-refractivity contribution < 1.29 is 4.79 Å². The molecule has 2 aliphatic rings. The molecule has 6 heteroatoms. The highest BCUT2D eigenvalue weighted by molar-refractivity contribution is 6.02. The Kier molecular flexibility index (Phi) is 5.23. The van der Waals surface area contributed by atoms with Gasteiger partial charge in [0.1, 0.15) is 0 Å². The van der Waals surface area contributed by atoms with Crippen LogP contribution in [-0.2, 0) is 0 Å². The fourth-order valence-corrected chi connectivity index (χ4v) is 3.78. The van der Waals surface area contributed by atoms with Gasteiger partial charge in [-0.3, -0.25) is 4.79 Å². The van der Waals surface area contributed by atoms with Gasteiger partial charge < -0.3 is 15.1 Å². The monoisotopic (exact) mass is 365 g/mol. The highest BCUT2D eigenvalue weighted by Crippen LogP contribution is 2.23. The predicted molar refractivity (Wildman–Crippen MR) is 108 cm³/mol. The van der Waals surface area contributed by atoms with Crippen LogP contribution in [-0.4, -0.2) is 42.3 Å². The molecule has 27 heavy (non-hydrogen) atoms. The Hall–Kier alpha value is -2.63. The van der Waals surface area contributed by atoms with Crippen molar-refractivity contribution in [2.75, 3.05) is 41.3 Å². The quantitative estimate of drug-likeness (QED) is 0.898. The normalized spacial score (nSPS) is 18.0. The van der Waals surface area contributed by atoms with Gasteiger partial charge in [0.05, 0.1) is 0 Å². The van der Waals surface area contributed by atoms with Crippen molar-refractivity contribution in [2.24, 2.45) is 5.92 Å². The fraction of sp³-hybridized carbons (Fsp3) is 0.476. The van der Waals surface area contributed by atoms with Crippen LogP contribution in [0.25, 0.3) is 0 Å². The van der Waals surface area contributed by atoms with E-state index in [2.05, 4.69) is 44.4 Å². The molecule has 1 aromatic heterocycles. The number of nitrogens with zero attached hydrogens (tertiary/aromatic N) is 4. The SMILES string of the molecule is CC1CCN(c2ccc(C(=O)Nc3ccc(N4CCCC4)cc3)nn2)CC1. The highest BCUT2D eigenvalue weighted by atomic mass is 16.1. The third-order valence-corrected chi connectivity index (χ3v) is 5.59. The van der Waals surface area contributed by atoms with Crippen LogP contribution in [0.2, 0.25) is 0 Å². The van der Waals surface area contributed by atoms with Crippen molar-refractivity contribution >= 4 is 23.1 Å². The standard InChI is InChI=1S/C21H27N5O/c1-16-10-14-26(15-11-16)20-9-8-19(23-24-20)21(27)22-17-4-6-18(7-5-17)25-12-2-3-13-25/h4-9,16H,2-3,10-15H2,1H3,(H,22,27). The summed E-state index contributed by atoms with van der Waals surface area (Å²) in [5.41, 5.74) is 2.33. The van der Waals surface area contributed by atoms with Crippen LogP contribution in [0.5, 0.6) is 0 Å². The molecular formula is C21H27N5O. The summed E-state index contributed by atoms with van der Waals surface area (Å²) in [4.78, 5) is 17.1. The molecule has 3 heterocycles. The minimum atomic E-state index is -0.227. The van der Waals surface area contributed by atoms with Gasteiger partial charge in [0.2, 0.25) is 0 Å². The van der Waals surface area contributed by atoms with E-state index in [9.17, 15) is 4.79 Å². The van der Waals surface area contributed by atoms with Crippen LogP contribution >= 0.6 is 0 Å². The molecule has 4 rings (SSSR count). The summed E-state index contributed by atoms with van der Waals surface area (Å²) < 4.78 is 0. The number of rotatable bonds is 4. The van der Waals surface area contributed by atoms with Crippen LogP contribution in [0.15, 0.2) is 36.4 Å². The second-order valence-electron chi connectivity index (χ2n) is 7.64. The number of carbonyl (C=O) groups is 1. The van der Waals surface area contributed by atoms with Gasteiger partial charge in [-0.1, -0.05) is 6.92 Å². The Bertz CT molecular complexity index is 760.